The summed E-state index contributed by atoms with van der Waals surface area (Å²) < 4.78 is 0. The normalized spacial score (nSPS) is 11.0. The van der Waals surface area contributed by atoms with Gasteiger partial charge in [-0.25, -0.2) is 0 Å². The maximum atomic E-state index is 10.9. The van der Waals surface area contributed by atoms with Gasteiger partial charge < -0.3 is 5.11 Å². The molecule has 0 aliphatic heterocycles. The SMILES string of the molecule is CC(C)c1ccc(CCc2ccccc2)c(Cc2ccccc2)c1O. The molecule has 3 aromatic rings. The Morgan fingerprint density at radius 3 is 1.92 bits per heavy atom. The fraction of sp³-hybridized carbons (Fsp3) is 0.250. The summed E-state index contributed by atoms with van der Waals surface area (Å²) in [4.78, 5) is 0. The highest BCUT2D eigenvalue weighted by atomic mass is 16.3. The van der Waals surface area contributed by atoms with Crippen molar-refractivity contribution in [2.75, 3.05) is 0 Å². The van der Waals surface area contributed by atoms with Crippen LogP contribution < -0.4 is 0 Å². The summed E-state index contributed by atoms with van der Waals surface area (Å²) in [7, 11) is 0. The molecule has 25 heavy (non-hydrogen) atoms. The van der Waals surface area contributed by atoms with Crippen LogP contribution in [-0.2, 0) is 19.3 Å². The molecule has 0 atom stereocenters. The van der Waals surface area contributed by atoms with Crippen LogP contribution in [0.5, 0.6) is 5.75 Å². The van der Waals surface area contributed by atoms with Gasteiger partial charge in [-0.15, -0.1) is 0 Å². The van der Waals surface area contributed by atoms with Gasteiger partial charge in [-0.2, -0.15) is 0 Å². The van der Waals surface area contributed by atoms with Crippen LogP contribution in [0.3, 0.4) is 0 Å². The van der Waals surface area contributed by atoms with E-state index in [1.54, 1.807) is 0 Å². The molecule has 0 fully saturated rings. The Hall–Kier alpha value is -2.54. The second-order valence-corrected chi connectivity index (χ2v) is 6.94. The summed E-state index contributed by atoms with van der Waals surface area (Å²) in [5, 5.41) is 10.9. The van der Waals surface area contributed by atoms with Crippen LogP contribution in [-0.4, -0.2) is 5.11 Å². The van der Waals surface area contributed by atoms with Gasteiger partial charge in [0.1, 0.15) is 5.75 Å². The molecule has 3 aromatic carbocycles. The van der Waals surface area contributed by atoms with E-state index in [1.165, 1.54) is 16.7 Å². The first-order chi connectivity index (χ1) is 12.1. The molecule has 1 nitrogen and oxygen atoms in total. The van der Waals surface area contributed by atoms with E-state index in [2.05, 4.69) is 74.5 Å². The van der Waals surface area contributed by atoms with Gasteiger partial charge in [0.15, 0.2) is 0 Å². The number of phenolic OH excluding ortho intramolecular Hbond substituents is 1. The van der Waals surface area contributed by atoms with Crippen LogP contribution in [0.2, 0.25) is 0 Å². The first-order valence-corrected chi connectivity index (χ1v) is 9.06. The minimum absolute atomic E-state index is 0.317. The van der Waals surface area contributed by atoms with Crippen molar-refractivity contribution < 1.29 is 5.11 Å². The third-order valence-corrected chi connectivity index (χ3v) is 4.78. The second kappa shape index (κ2) is 8.02. The van der Waals surface area contributed by atoms with E-state index >= 15 is 0 Å². The molecule has 1 N–H and O–H groups in total. The monoisotopic (exact) mass is 330 g/mol. The highest BCUT2D eigenvalue weighted by Crippen LogP contribution is 2.33. The predicted molar refractivity (Wildman–Crippen MR) is 105 cm³/mol. The van der Waals surface area contributed by atoms with Crippen molar-refractivity contribution in [1.29, 1.82) is 0 Å². The number of aromatic hydroxyl groups is 1. The molecule has 0 aliphatic carbocycles. The molecule has 0 aliphatic rings. The minimum Gasteiger partial charge on any atom is -0.507 e. The minimum atomic E-state index is 0.317. The number of hydrogen-bond donors (Lipinski definition) is 1. The fourth-order valence-corrected chi connectivity index (χ4v) is 3.32. The molecular formula is C24H26O. The quantitative estimate of drug-likeness (QED) is 0.597. The van der Waals surface area contributed by atoms with E-state index in [9.17, 15) is 5.11 Å². The summed E-state index contributed by atoms with van der Waals surface area (Å²) in [6.45, 7) is 4.26. The van der Waals surface area contributed by atoms with Gasteiger partial charge in [0.25, 0.3) is 0 Å². The molecular weight excluding hydrogens is 304 g/mol. The zero-order chi connectivity index (χ0) is 17.6. The lowest BCUT2D eigenvalue weighted by Gasteiger charge is -2.17. The van der Waals surface area contributed by atoms with E-state index in [1.807, 2.05) is 12.1 Å². The van der Waals surface area contributed by atoms with Gasteiger partial charge >= 0.3 is 0 Å². The van der Waals surface area contributed by atoms with E-state index in [-0.39, 0.29) is 0 Å². The van der Waals surface area contributed by atoms with Crippen molar-refractivity contribution in [3.05, 3.63) is 101 Å². The summed E-state index contributed by atoms with van der Waals surface area (Å²) in [6, 6.07) is 25.2. The number of phenols is 1. The zero-order valence-electron chi connectivity index (χ0n) is 15.1. The average molecular weight is 330 g/mol. The Bertz CT molecular complexity index is 804. The van der Waals surface area contributed by atoms with Crippen LogP contribution in [0.15, 0.2) is 72.8 Å². The molecule has 1 heteroatoms. The highest BCUT2D eigenvalue weighted by Gasteiger charge is 2.15. The number of hydrogen-bond acceptors (Lipinski definition) is 1. The molecule has 128 valence electrons. The third kappa shape index (κ3) is 4.30. The van der Waals surface area contributed by atoms with Crippen molar-refractivity contribution in [2.45, 2.75) is 39.0 Å². The lowest BCUT2D eigenvalue weighted by molar-refractivity contribution is 0.458. The largest absolute Gasteiger partial charge is 0.507 e. The highest BCUT2D eigenvalue weighted by molar-refractivity contribution is 5.49. The van der Waals surface area contributed by atoms with Gasteiger partial charge in [0.05, 0.1) is 0 Å². The molecule has 0 amide bonds. The lowest BCUT2D eigenvalue weighted by Crippen LogP contribution is -2.02. The fourth-order valence-electron chi connectivity index (χ4n) is 3.32. The van der Waals surface area contributed by atoms with E-state index in [0.29, 0.717) is 11.7 Å². The maximum Gasteiger partial charge on any atom is 0.122 e. The van der Waals surface area contributed by atoms with E-state index in [4.69, 9.17) is 0 Å². The number of rotatable bonds is 6. The average Bonchev–Trinajstić information content (AvgIpc) is 2.63. The Morgan fingerprint density at radius 1 is 0.720 bits per heavy atom. The van der Waals surface area contributed by atoms with Crippen molar-refractivity contribution in [1.82, 2.24) is 0 Å². The van der Waals surface area contributed by atoms with Crippen molar-refractivity contribution in [2.24, 2.45) is 0 Å². The zero-order valence-corrected chi connectivity index (χ0v) is 15.1. The lowest BCUT2D eigenvalue weighted by atomic mass is 9.90. The third-order valence-electron chi connectivity index (χ3n) is 4.78. The van der Waals surface area contributed by atoms with Gasteiger partial charge in [0.2, 0.25) is 0 Å². The van der Waals surface area contributed by atoms with Crippen LogP contribution in [0.4, 0.5) is 0 Å². The second-order valence-electron chi connectivity index (χ2n) is 6.94. The number of benzene rings is 3. The molecule has 0 heterocycles. The van der Waals surface area contributed by atoms with Crippen molar-refractivity contribution in [3.8, 4) is 5.75 Å². The molecule has 0 aromatic heterocycles. The van der Waals surface area contributed by atoms with E-state index in [0.717, 1.165) is 30.4 Å². The summed E-state index contributed by atoms with van der Waals surface area (Å²) in [5.74, 6) is 0.794. The molecule has 0 saturated heterocycles. The molecule has 0 spiro atoms. The molecule has 0 radical (unpaired) electrons. The van der Waals surface area contributed by atoms with E-state index < -0.39 is 0 Å². The van der Waals surface area contributed by atoms with Crippen LogP contribution >= 0.6 is 0 Å². The molecule has 0 bridgehead atoms. The van der Waals surface area contributed by atoms with Crippen molar-refractivity contribution in [3.63, 3.8) is 0 Å². The Morgan fingerprint density at radius 2 is 1.32 bits per heavy atom. The van der Waals surface area contributed by atoms with Gasteiger partial charge in [-0.3, -0.25) is 0 Å². The summed E-state index contributed by atoms with van der Waals surface area (Å²) >= 11 is 0. The Labute approximate surface area is 151 Å². The Kier molecular flexibility index (Phi) is 5.55. The van der Waals surface area contributed by atoms with Crippen LogP contribution in [0, 0.1) is 0 Å². The molecule has 0 unspecified atom stereocenters. The van der Waals surface area contributed by atoms with Gasteiger partial charge in [0, 0.05) is 12.0 Å². The summed E-state index contributed by atoms with van der Waals surface area (Å²) in [6.07, 6.45) is 2.71. The van der Waals surface area contributed by atoms with Crippen LogP contribution in [0.25, 0.3) is 0 Å². The predicted octanol–water partition coefficient (Wildman–Crippen LogP) is 5.89. The Balaban J connectivity index is 1.91. The van der Waals surface area contributed by atoms with Gasteiger partial charge in [-0.05, 0) is 41.0 Å². The number of aryl methyl sites for hydroxylation is 2. The standard InChI is InChI=1S/C24H26O/c1-18(2)22-16-15-21(14-13-19-9-5-3-6-10-19)23(24(22)25)17-20-11-7-4-8-12-20/h3-12,15-16,18,25H,13-14,17H2,1-2H3. The smallest absolute Gasteiger partial charge is 0.122 e. The topological polar surface area (TPSA) is 20.2 Å². The first kappa shape index (κ1) is 17.3. The maximum absolute atomic E-state index is 10.9. The first-order valence-electron chi connectivity index (χ1n) is 9.06. The summed E-state index contributed by atoms with van der Waals surface area (Å²) in [5.41, 5.74) is 5.93. The van der Waals surface area contributed by atoms with Crippen LogP contribution in [0.1, 0.15) is 47.6 Å². The molecule has 0 saturated carbocycles. The van der Waals surface area contributed by atoms with Crippen molar-refractivity contribution >= 4 is 0 Å². The van der Waals surface area contributed by atoms with Gasteiger partial charge in [-0.1, -0.05) is 86.6 Å². The molecule has 3 rings (SSSR count).